The lowest BCUT2D eigenvalue weighted by Crippen LogP contribution is -2.11. The molecule has 0 bridgehead atoms. The van der Waals surface area contributed by atoms with Crippen LogP contribution in [0.5, 0.6) is 0 Å². The maximum atomic E-state index is 11.6. The van der Waals surface area contributed by atoms with Gasteiger partial charge < -0.3 is 9.84 Å². The number of hydrogen-bond donors (Lipinski definition) is 1. The maximum absolute atomic E-state index is 11.6. The molecule has 0 amide bonds. The zero-order chi connectivity index (χ0) is 13.8. The normalized spacial score (nSPS) is 10.2. The molecule has 0 radical (unpaired) electrons. The van der Waals surface area contributed by atoms with Gasteiger partial charge in [-0.25, -0.2) is 9.59 Å². The Morgan fingerprint density at radius 3 is 2.42 bits per heavy atom. The fourth-order valence-corrected chi connectivity index (χ4v) is 1.46. The van der Waals surface area contributed by atoms with Crippen LogP contribution in [-0.2, 0) is 4.74 Å². The molecule has 1 N–H and O–H groups in total. The van der Waals surface area contributed by atoms with Crippen molar-refractivity contribution in [1.82, 2.24) is 15.0 Å². The van der Waals surface area contributed by atoms with Crippen LogP contribution in [0.15, 0.2) is 30.3 Å². The second-order valence-electron chi connectivity index (χ2n) is 3.55. The summed E-state index contributed by atoms with van der Waals surface area (Å²) < 4.78 is 4.75. The number of carbonyl (C=O) groups excluding carboxylic acids is 1. The van der Waals surface area contributed by atoms with Crippen molar-refractivity contribution in [3.05, 3.63) is 41.7 Å². The van der Waals surface area contributed by atoms with Crippen LogP contribution < -0.4 is 0 Å². The van der Waals surface area contributed by atoms with Gasteiger partial charge in [-0.15, -0.1) is 15.0 Å². The van der Waals surface area contributed by atoms with Crippen LogP contribution >= 0.6 is 0 Å². The van der Waals surface area contributed by atoms with Crippen molar-refractivity contribution >= 4 is 11.9 Å². The predicted molar refractivity (Wildman–Crippen MR) is 64.3 cm³/mol. The van der Waals surface area contributed by atoms with Crippen molar-refractivity contribution in [3.8, 4) is 5.69 Å². The summed E-state index contributed by atoms with van der Waals surface area (Å²) >= 11 is 0. The van der Waals surface area contributed by atoms with Gasteiger partial charge in [0, 0.05) is 0 Å². The van der Waals surface area contributed by atoms with E-state index in [2.05, 4.69) is 10.2 Å². The predicted octanol–water partition coefficient (Wildman–Crippen LogP) is 1.14. The Bertz CT molecular complexity index is 607. The number of hydrogen-bond acceptors (Lipinski definition) is 5. The van der Waals surface area contributed by atoms with E-state index in [-0.39, 0.29) is 12.3 Å². The molecule has 0 saturated carbocycles. The molecule has 2 rings (SSSR count). The standard InChI is InChI=1S/C12H11N3O4/c1-2-19-12(18)10-9(11(16)17)13-15(14-10)8-6-4-3-5-7-8/h3-7H,2H2,1H3,(H,16,17). The summed E-state index contributed by atoms with van der Waals surface area (Å²) in [7, 11) is 0. The van der Waals surface area contributed by atoms with E-state index < -0.39 is 17.6 Å². The third kappa shape index (κ3) is 2.59. The van der Waals surface area contributed by atoms with Crippen LogP contribution in [0.25, 0.3) is 5.69 Å². The summed E-state index contributed by atoms with van der Waals surface area (Å²) in [6.45, 7) is 1.76. The second kappa shape index (κ2) is 5.30. The SMILES string of the molecule is CCOC(=O)c1nn(-c2ccccc2)nc1C(=O)O. The van der Waals surface area contributed by atoms with E-state index in [0.717, 1.165) is 4.80 Å². The van der Waals surface area contributed by atoms with Gasteiger partial charge in [0.1, 0.15) is 0 Å². The van der Waals surface area contributed by atoms with E-state index >= 15 is 0 Å². The third-order valence-corrected chi connectivity index (χ3v) is 2.27. The molecule has 1 aromatic carbocycles. The van der Waals surface area contributed by atoms with Gasteiger partial charge in [0.05, 0.1) is 12.3 Å². The van der Waals surface area contributed by atoms with Crippen LogP contribution in [0.1, 0.15) is 27.9 Å². The number of aromatic nitrogens is 3. The van der Waals surface area contributed by atoms with Crippen molar-refractivity contribution < 1.29 is 19.4 Å². The number of ether oxygens (including phenoxy) is 1. The highest BCUT2D eigenvalue weighted by atomic mass is 16.5. The highest BCUT2D eigenvalue weighted by molar-refractivity contribution is 5.99. The Morgan fingerprint density at radius 1 is 1.21 bits per heavy atom. The lowest BCUT2D eigenvalue weighted by molar-refractivity contribution is 0.0507. The van der Waals surface area contributed by atoms with E-state index in [1.54, 1.807) is 37.3 Å². The summed E-state index contributed by atoms with van der Waals surface area (Å²) in [5.74, 6) is -2.13. The Morgan fingerprint density at radius 2 is 1.84 bits per heavy atom. The molecule has 0 aliphatic carbocycles. The zero-order valence-electron chi connectivity index (χ0n) is 10.1. The minimum absolute atomic E-state index is 0.135. The van der Waals surface area contributed by atoms with Gasteiger partial charge in [-0.05, 0) is 19.1 Å². The molecular formula is C12H11N3O4. The monoisotopic (exact) mass is 261 g/mol. The number of aromatic carboxylic acids is 1. The minimum Gasteiger partial charge on any atom is -0.476 e. The molecule has 0 fully saturated rings. The average molecular weight is 261 g/mol. The molecule has 0 unspecified atom stereocenters. The maximum Gasteiger partial charge on any atom is 0.361 e. The highest BCUT2D eigenvalue weighted by Crippen LogP contribution is 2.10. The molecule has 0 aliphatic rings. The van der Waals surface area contributed by atoms with E-state index in [4.69, 9.17) is 9.84 Å². The van der Waals surface area contributed by atoms with Crippen LogP contribution in [0, 0.1) is 0 Å². The fraction of sp³-hybridized carbons (Fsp3) is 0.167. The highest BCUT2D eigenvalue weighted by Gasteiger charge is 2.25. The number of benzene rings is 1. The summed E-state index contributed by atoms with van der Waals surface area (Å²) in [5.41, 5.74) is -0.180. The van der Waals surface area contributed by atoms with Crippen molar-refractivity contribution in [1.29, 1.82) is 0 Å². The first-order valence-corrected chi connectivity index (χ1v) is 5.56. The third-order valence-electron chi connectivity index (χ3n) is 2.27. The molecule has 19 heavy (non-hydrogen) atoms. The molecule has 0 aliphatic heterocycles. The first kappa shape index (κ1) is 12.7. The molecule has 0 spiro atoms. The average Bonchev–Trinajstić information content (AvgIpc) is 2.85. The van der Waals surface area contributed by atoms with Gasteiger partial charge >= 0.3 is 11.9 Å². The van der Waals surface area contributed by atoms with Crippen molar-refractivity contribution in [2.24, 2.45) is 0 Å². The number of rotatable bonds is 4. The fourth-order valence-electron chi connectivity index (χ4n) is 1.46. The van der Waals surface area contributed by atoms with Crippen LogP contribution in [0.2, 0.25) is 0 Å². The molecular weight excluding hydrogens is 250 g/mol. The molecule has 7 nitrogen and oxygen atoms in total. The van der Waals surface area contributed by atoms with Gasteiger partial charge in [-0.2, -0.15) is 0 Å². The number of carboxylic acids is 1. The van der Waals surface area contributed by atoms with Gasteiger partial charge in [0.15, 0.2) is 0 Å². The first-order valence-electron chi connectivity index (χ1n) is 5.56. The Labute approximate surface area is 108 Å². The molecule has 2 aromatic rings. The van der Waals surface area contributed by atoms with E-state index in [9.17, 15) is 9.59 Å². The van der Waals surface area contributed by atoms with E-state index in [1.807, 2.05) is 0 Å². The van der Waals surface area contributed by atoms with Gasteiger partial charge in [0.25, 0.3) is 0 Å². The summed E-state index contributed by atoms with van der Waals surface area (Å²) in [5, 5.41) is 16.7. The summed E-state index contributed by atoms with van der Waals surface area (Å²) in [4.78, 5) is 23.8. The minimum atomic E-state index is -1.33. The van der Waals surface area contributed by atoms with E-state index in [1.165, 1.54) is 0 Å². The number of carboxylic acid groups (broad SMARTS) is 1. The largest absolute Gasteiger partial charge is 0.476 e. The zero-order valence-corrected chi connectivity index (χ0v) is 10.1. The number of nitrogens with zero attached hydrogens (tertiary/aromatic N) is 3. The molecule has 1 heterocycles. The Kier molecular flexibility index (Phi) is 3.56. The van der Waals surface area contributed by atoms with Gasteiger partial charge in [-0.1, -0.05) is 18.2 Å². The number of carbonyl (C=O) groups is 2. The second-order valence-corrected chi connectivity index (χ2v) is 3.55. The number of para-hydroxylation sites is 1. The molecule has 0 atom stereocenters. The van der Waals surface area contributed by atoms with Gasteiger partial charge in [-0.3, -0.25) is 0 Å². The summed E-state index contributed by atoms with van der Waals surface area (Å²) in [6, 6.07) is 8.70. The molecule has 7 heteroatoms. The van der Waals surface area contributed by atoms with Crippen molar-refractivity contribution in [2.45, 2.75) is 6.92 Å². The number of esters is 1. The lowest BCUT2D eigenvalue weighted by atomic mass is 10.3. The smallest absolute Gasteiger partial charge is 0.361 e. The van der Waals surface area contributed by atoms with Crippen LogP contribution in [0.4, 0.5) is 0 Å². The quantitative estimate of drug-likeness (QED) is 0.829. The summed E-state index contributed by atoms with van der Waals surface area (Å²) in [6.07, 6.45) is 0. The van der Waals surface area contributed by atoms with Crippen LogP contribution in [-0.4, -0.2) is 38.6 Å². The van der Waals surface area contributed by atoms with E-state index in [0.29, 0.717) is 5.69 Å². The van der Waals surface area contributed by atoms with Crippen LogP contribution in [0.3, 0.4) is 0 Å². The Hall–Kier alpha value is -2.70. The Balaban J connectivity index is 2.47. The molecule has 1 aromatic heterocycles. The topological polar surface area (TPSA) is 94.3 Å². The molecule has 98 valence electrons. The van der Waals surface area contributed by atoms with Gasteiger partial charge in [0.2, 0.25) is 11.4 Å². The van der Waals surface area contributed by atoms with Crippen molar-refractivity contribution in [2.75, 3.05) is 6.61 Å². The van der Waals surface area contributed by atoms with Crippen molar-refractivity contribution in [3.63, 3.8) is 0 Å². The first-order chi connectivity index (χ1) is 9.13. The molecule has 0 saturated heterocycles. The lowest BCUT2D eigenvalue weighted by Gasteiger charge is -1.98.